The van der Waals surface area contributed by atoms with Crippen molar-refractivity contribution in [2.45, 2.75) is 0 Å². The minimum Gasteiger partial charge on any atom is -0.497 e. The van der Waals surface area contributed by atoms with Gasteiger partial charge in [0.1, 0.15) is 11.6 Å². The molecule has 1 aliphatic rings. The number of ether oxygens (including phenoxy) is 1. The molecule has 0 spiro atoms. The van der Waals surface area contributed by atoms with Gasteiger partial charge in [-0.15, -0.1) is 0 Å². The van der Waals surface area contributed by atoms with Crippen molar-refractivity contribution in [3.05, 3.63) is 66.5 Å². The SMILES string of the molecule is COc1ccc(-c2ccc3c(c2)N(C)c2ccc(F)cc2N3C)cc1. The molecule has 3 nitrogen and oxygen atoms in total. The van der Waals surface area contributed by atoms with Crippen LogP contribution in [0.15, 0.2) is 60.7 Å². The number of nitrogens with zero attached hydrogens (tertiary/aromatic N) is 2. The van der Waals surface area contributed by atoms with Crippen molar-refractivity contribution in [2.24, 2.45) is 0 Å². The summed E-state index contributed by atoms with van der Waals surface area (Å²) in [5.74, 6) is 0.617. The molecule has 3 aromatic rings. The lowest BCUT2D eigenvalue weighted by molar-refractivity contribution is 0.415. The van der Waals surface area contributed by atoms with Crippen molar-refractivity contribution in [2.75, 3.05) is 31.0 Å². The highest BCUT2D eigenvalue weighted by Crippen LogP contribution is 2.47. The van der Waals surface area contributed by atoms with Gasteiger partial charge in [-0.05, 0) is 53.6 Å². The fourth-order valence-electron chi connectivity index (χ4n) is 3.35. The Morgan fingerprint density at radius 3 is 1.88 bits per heavy atom. The van der Waals surface area contributed by atoms with E-state index in [0.29, 0.717) is 0 Å². The zero-order valence-corrected chi connectivity index (χ0v) is 14.5. The first kappa shape index (κ1) is 15.5. The van der Waals surface area contributed by atoms with Crippen molar-refractivity contribution in [3.8, 4) is 16.9 Å². The van der Waals surface area contributed by atoms with Gasteiger partial charge in [-0.1, -0.05) is 18.2 Å². The van der Waals surface area contributed by atoms with Gasteiger partial charge in [-0.25, -0.2) is 4.39 Å². The minimum absolute atomic E-state index is 0.225. The molecular formula is C21H19FN2O. The molecule has 25 heavy (non-hydrogen) atoms. The van der Waals surface area contributed by atoms with Gasteiger partial charge in [-0.3, -0.25) is 0 Å². The van der Waals surface area contributed by atoms with Crippen LogP contribution in [-0.2, 0) is 0 Å². The fraction of sp³-hybridized carbons (Fsp3) is 0.143. The molecule has 1 aliphatic heterocycles. The second-order valence-electron chi connectivity index (χ2n) is 6.18. The summed E-state index contributed by atoms with van der Waals surface area (Å²) in [6, 6.07) is 19.3. The van der Waals surface area contributed by atoms with Gasteiger partial charge in [0, 0.05) is 14.1 Å². The number of anilines is 4. The van der Waals surface area contributed by atoms with E-state index in [2.05, 4.69) is 35.2 Å². The predicted octanol–water partition coefficient (Wildman–Crippen LogP) is 5.35. The van der Waals surface area contributed by atoms with Crippen LogP contribution in [0, 0.1) is 5.82 Å². The zero-order valence-electron chi connectivity index (χ0n) is 14.5. The molecule has 0 bridgehead atoms. The molecule has 0 fully saturated rings. The summed E-state index contributed by atoms with van der Waals surface area (Å²) in [6.45, 7) is 0. The van der Waals surface area contributed by atoms with E-state index in [1.165, 1.54) is 6.07 Å². The highest BCUT2D eigenvalue weighted by molar-refractivity contribution is 5.94. The zero-order chi connectivity index (χ0) is 17.6. The second kappa shape index (κ2) is 5.81. The van der Waals surface area contributed by atoms with Gasteiger partial charge >= 0.3 is 0 Å². The van der Waals surface area contributed by atoms with Gasteiger partial charge < -0.3 is 14.5 Å². The average molecular weight is 334 g/mol. The van der Waals surface area contributed by atoms with E-state index < -0.39 is 0 Å². The van der Waals surface area contributed by atoms with Crippen molar-refractivity contribution < 1.29 is 9.13 Å². The number of methoxy groups -OCH3 is 1. The highest BCUT2D eigenvalue weighted by Gasteiger charge is 2.24. The molecule has 0 saturated heterocycles. The fourth-order valence-corrected chi connectivity index (χ4v) is 3.35. The molecule has 0 aromatic heterocycles. The Morgan fingerprint density at radius 1 is 0.680 bits per heavy atom. The van der Waals surface area contributed by atoms with E-state index in [9.17, 15) is 4.39 Å². The number of halogens is 1. The third-order valence-electron chi connectivity index (χ3n) is 4.78. The van der Waals surface area contributed by atoms with Gasteiger partial charge in [0.05, 0.1) is 29.9 Å². The normalized spacial score (nSPS) is 12.6. The Bertz CT molecular complexity index is 937. The molecule has 0 unspecified atom stereocenters. The highest BCUT2D eigenvalue weighted by atomic mass is 19.1. The second-order valence-corrected chi connectivity index (χ2v) is 6.18. The number of hydrogen-bond acceptors (Lipinski definition) is 3. The van der Waals surface area contributed by atoms with Crippen LogP contribution in [0.2, 0.25) is 0 Å². The van der Waals surface area contributed by atoms with E-state index in [4.69, 9.17) is 4.74 Å². The molecule has 0 aliphatic carbocycles. The van der Waals surface area contributed by atoms with E-state index in [0.717, 1.165) is 39.6 Å². The van der Waals surface area contributed by atoms with Gasteiger partial charge in [0.2, 0.25) is 0 Å². The van der Waals surface area contributed by atoms with Crippen LogP contribution in [-0.4, -0.2) is 21.2 Å². The minimum atomic E-state index is -0.225. The molecule has 0 atom stereocenters. The van der Waals surface area contributed by atoms with E-state index in [1.807, 2.05) is 37.2 Å². The first-order valence-corrected chi connectivity index (χ1v) is 8.14. The first-order chi connectivity index (χ1) is 12.1. The number of hydrogen-bond donors (Lipinski definition) is 0. The molecule has 4 rings (SSSR count). The summed E-state index contributed by atoms with van der Waals surface area (Å²) < 4.78 is 18.9. The van der Waals surface area contributed by atoms with Crippen molar-refractivity contribution in [1.82, 2.24) is 0 Å². The van der Waals surface area contributed by atoms with Crippen molar-refractivity contribution >= 4 is 22.7 Å². The maximum absolute atomic E-state index is 13.7. The number of rotatable bonds is 2. The maximum Gasteiger partial charge on any atom is 0.125 e. The van der Waals surface area contributed by atoms with Crippen molar-refractivity contribution in [3.63, 3.8) is 0 Å². The molecule has 0 saturated carbocycles. The summed E-state index contributed by atoms with van der Waals surface area (Å²) in [6.07, 6.45) is 0. The molecule has 4 heteroatoms. The Balaban J connectivity index is 1.80. The molecule has 3 aromatic carbocycles. The molecule has 0 amide bonds. The Hall–Kier alpha value is -3.01. The van der Waals surface area contributed by atoms with Gasteiger partial charge in [-0.2, -0.15) is 0 Å². The standard InChI is InChI=1S/C21H19FN2O/c1-23-19-11-7-16(22)13-21(19)24(2)18-10-6-15(12-20(18)23)14-4-8-17(25-3)9-5-14/h4-13H,1-3H3. The molecule has 0 radical (unpaired) electrons. The lowest BCUT2D eigenvalue weighted by Crippen LogP contribution is -2.24. The topological polar surface area (TPSA) is 15.7 Å². The number of benzene rings is 3. The van der Waals surface area contributed by atoms with Crippen LogP contribution >= 0.6 is 0 Å². The van der Waals surface area contributed by atoms with E-state index in [-0.39, 0.29) is 5.82 Å². The van der Waals surface area contributed by atoms with E-state index >= 15 is 0 Å². The maximum atomic E-state index is 13.7. The largest absolute Gasteiger partial charge is 0.497 e. The third kappa shape index (κ3) is 2.50. The molecule has 1 heterocycles. The van der Waals surface area contributed by atoms with E-state index in [1.54, 1.807) is 13.2 Å². The van der Waals surface area contributed by atoms with Crippen LogP contribution in [0.5, 0.6) is 5.75 Å². The Morgan fingerprint density at radius 2 is 1.24 bits per heavy atom. The van der Waals surface area contributed by atoms with Crippen LogP contribution in [0.25, 0.3) is 11.1 Å². The summed E-state index contributed by atoms with van der Waals surface area (Å²) in [4.78, 5) is 4.14. The van der Waals surface area contributed by atoms with Gasteiger partial charge in [0.15, 0.2) is 0 Å². The molecular weight excluding hydrogens is 315 g/mol. The van der Waals surface area contributed by atoms with Crippen LogP contribution in [0.1, 0.15) is 0 Å². The summed E-state index contributed by atoms with van der Waals surface area (Å²) in [5.41, 5.74) is 6.26. The lowest BCUT2D eigenvalue weighted by atomic mass is 10.0. The molecule has 126 valence electrons. The van der Waals surface area contributed by atoms with Crippen LogP contribution in [0.4, 0.5) is 27.1 Å². The van der Waals surface area contributed by atoms with Gasteiger partial charge in [0.25, 0.3) is 0 Å². The predicted molar refractivity (Wildman–Crippen MR) is 101 cm³/mol. The summed E-state index contributed by atoms with van der Waals surface area (Å²) in [5, 5.41) is 0. The van der Waals surface area contributed by atoms with Crippen LogP contribution in [0.3, 0.4) is 0 Å². The smallest absolute Gasteiger partial charge is 0.125 e. The third-order valence-corrected chi connectivity index (χ3v) is 4.78. The quantitative estimate of drug-likeness (QED) is 0.628. The first-order valence-electron chi connectivity index (χ1n) is 8.14. The van der Waals surface area contributed by atoms with Crippen molar-refractivity contribution in [1.29, 1.82) is 0 Å². The average Bonchev–Trinajstić information content (AvgIpc) is 2.65. The Kier molecular flexibility index (Phi) is 3.61. The van der Waals surface area contributed by atoms with Crippen LogP contribution < -0.4 is 14.5 Å². The lowest BCUT2D eigenvalue weighted by Gasteiger charge is -2.36. The Labute approximate surface area is 146 Å². The summed E-state index contributed by atoms with van der Waals surface area (Å²) >= 11 is 0. The summed E-state index contributed by atoms with van der Waals surface area (Å²) in [7, 11) is 5.65. The number of fused-ring (bicyclic) bond motifs is 2. The monoisotopic (exact) mass is 334 g/mol. The molecule has 0 N–H and O–H groups in total.